The van der Waals surface area contributed by atoms with Gasteiger partial charge in [-0.2, -0.15) is 0 Å². The van der Waals surface area contributed by atoms with E-state index < -0.39 is 5.41 Å². The van der Waals surface area contributed by atoms with Crippen molar-refractivity contribution in [1.29, 1.82) is 0 Å². The van der Waals surface area contributed by atoms with Crippen LogP contribution in [-0.4, -0.2) is 52.8 Å². The van der Waals surface area contributed by atoms with Gasteiger partial charge in [0, 0.05) is 6.54 Å². The van der Waals surface area contributed by atoms with Gasteiger partial charge in [-0.1, -0.05) is 12.2 Å². The Morgan fingerprint density at radius 1 is 1.65 bits per heavy atom. The first-order valence-corrected chi connectivity index (χ1v) is 6.25. The summed E-state index contributed by atoms with van der Waals surface area (Å²) in [7, 11) is 0. The minimum atomic E-state index is -0.610. The van der Waals surface area contributed by atoms with E-state index in [1.54, 1.807) is 4.90 Å². The van der Waals surface area contributed by atoms with Crippen LogP contribution in [-0.2, 0) is 9.53 Å². The number of hydrogen-bond donors (Lipinski definition) is 2. The van der Waals surface area contributed by atoms with Crippen molar-refractivity contribution in [3.63, 3.8) is 0 Å². The lowest BCUT2D eigenvalue weighted by Gasteiger charge is -2.39. The molecule has 0 aromatic carbocycles. The number of carbonyl (C=O) groups excluding carboxylic acids is 1. The Bertz CT molecular complexity index is 344. The summed E-state index contributed by atoms with van der Waals surface area (Å²) >= 11 is 4.99. The van der Waals surface area contributed by atoms with E-state index in [2.05, 4.69) is 0 Å². The first-order valence-electron chi connectivity index (χ1n) is 5.84. The lowest BCUT2D eigenvalue weighted by Crippen LogP contribution is -2.55. The molecule has 1 aliphatic carbocycles. The maximum absolute atomic E-state index is 12.4. The third-order valence-corrected chi connectivity index (χ3v) is 3.99. The molecule has 3 N–H and O–H groups in total. The fourth-order valence-electron chi connectivity index (χ4n) is 2.18. The zero-order valence-corrected chi connectivity index (χ0v) is 10.7. The van der Waals surface area contributed by atoms with Crippen LogP contribution in [0.15, 0.2) is 0 Å². The van der Waals surface area contributed by atoms with E-state index in [0.717, 1.165) is 12.8 Å². The molecule has 1 amide bonds. The number of nitrogens with zero attached hydrogens (tertiary/aromatic N) is 1. The molecule has 17 heavy (non-hydrogen) atoms. The minimum Gasteiger partial charge on any atom is -0.394 e. The second-order valence-corrected chi connectivity index (χ2v) is 5.33. The predicted octanol–water partition coefficient (Wildman–Crippen LogP) is -0.339. The minimum absolute atomic E-state index is 0.000694. The monoisotopic (exact) mass is 258 g/mol. The van der Waals surface area contributed by atoms with Crippen LogP contribution in [0.3, 0.4) is 0 Å². The van der Waals surface area contributed by atoms with Gasteiger partial charge in [0.1, 0.15) is 0 Å². The first kappa shape index (κ1) is 12.7. The van der Waals surface area contributed by atoms with E-state index in [0.29, 0.717) is 18.1 Å². The highest BCUT2D eigenvalue weighted by atomic mass is 32.1. The van der Waals surface area contributed by atoms with Crippen LogP contribution in [0.25, 0.3) is 0 Å². The molecule has 6 heteroatoms. The van der Waals surface area contributed by atoms with Gasteiger partial charge in [-0.3, -0.25) is 4.79 Å². The summed E-state index contributed by atoms with van der Waals surface area (Å²) in [6, 6.07) is 0.0112. The van der Waals surface area contributed by atoms with Crippen LogP contribution in [0.2, 0.25) is 0 Å². The molecule has 2 rings (SSSR count). The smallest absolute Gasteiger partial charge is 0.236 e. The molecule has 2 aliphatic rings. The number of thiocarbonyl (C=S) groups is 1. The van der Waals surface area contributed by atoms with E-state index in [-0.39, 0.29) is 24.7 Å². The van der Waals surface area contributed by atoms with Crippen LogP contribution >= 0.6 is 12.2 Å². The molecule has 0 radical (unpaired) electrons. The van der Waals surface area contributed by atoms with Gasteiger partial charge in [0.2, 0.25) is 5.91 Å². The van der Waals surface area contributed by atoms with Crippen molar-refractivity contribution < 1.29 is 14.6 Å². The van der Waals surface area contributed by atoms with Gasteiger partial charge in [-0.25, -0.2) is 0 Å². The van der Waals surface area contributed by atoms with E-state index in [1.807, 2.05) is 6.92 Å². The van der Waals surface area contributed by atoms with Crippen molar-refractivity contribution in [3.8, 4) is 0 Å². The van der Waals surface area contributed by atoms with Crippen molar-refractivity contribution in [2.45, 2.75) is 31.9 Å². The van der Waals surface area contributed by atoms with Gasteiger partial charge >= 0.3 is 0 Å². The van der Waals surface area contributed by atoms with Crippen molar-refractivity contribution in [2.24, 2.45) is 11.1 Å². The molecule has 2 unspecified atom stereocenters. The average Bonchev–Trinajstić information content (AvgIpc) is 3.10. The van der Waals surface area contributed by atoms with Crippen LogP contribution in [0.4, 0.5) is 0 Å². The van der Waals surface area contributed by atoms with Crippen LogP contribution < -0.4 is 5.73 Å². The van der Waals surface area contributed by atoms with E-state index >= 15 is 0 Å². The summed E-state index contributed by atoms with van der Waals surface area (Å²) in [6.45, 7) is 2.73. The number of aliphatic hydroxyl groups is 1. The number of carbonyl (C=O) groups is 1. The van der Waals surface area contributed by atoms with Gasteiger partial charge < -0.3 is 20.5 Å². The third kappa shape index (κ3) is 2.17. The summed E-state index contributed by atoms with van der Waals surface area (Å²) < 4.78 is 5.41. The molecule has 2 atom stereocenters. The number of ether oxygens (including phenoxy) is 1. The number of morpholine rings is 1. The van der Waals surface area contributed by atoms with E-state index in [1.165, 1.54) is 0 Å². The topological polar surface area (TPSA) is 75.8 Å². The highest BCUT2D eigenvalue weighted by Gasteiger charge is 2.55. The van der Waals surface area contributed by atoms with E-state index in [9.17, 15) is 4.79 Å². The molecule has 2 fully saturated rings. The molecule has 1 saturated carbocycles. The Morgan fingerprint density at radius 2 is 2.29 bits per heavy atom. The standard InChI is InChI=1S/C11H18N2O3S/c1-7-6-16-8(5-14)4-13(7)10(15)11(2-3-11)9(12)17/h7-8,14H,2-6H2,1H3,(H2,12,17). The maximum atomic E-state index is 12.4. The molecule has 0 bridgehead atoms. The molecule has 0 aromatic heterocycles. The van der Waals surface area contributed by atoms with Crippen molar-refractivity contribution in [2.75, 3.05) is 19.8 Å². The fraction of sp³-hybridized carbons (Fsp3) is 0.818. The quantitative estimate of drug-likeness (QED) is 0.677. The maximum Gasteiger partial charge on any atom is 0.236 e. The molecule has 1 saturated heterocycles. The molecule has 0 spiro atoms. The number of hydrogen-bond acceptors (Lipinski definition) is 4. The molecular formula is C11H18N2O3S. The van der Waals surface area contributed by atoms with Gasteiger partial charge in [0.15, 0.2) is 0 Å². The average molecular weight is 258 g/mol. The van der Waals surface area contributed by atoms with Crippen LogP contribution in [0.5, 0.6) is 0 Å². The molecule has 1 aliphatic heterocycles. The SMILES string of the molecule is CC1COC(CO)CN1C(=O)C1(C(N)=S)CC1. The molecular weight excluding hydrogens is 240 g/mol. The van der Waals surface area contributed by atoms with Gasteiger partial charge in [-0.05, 0) is 19.8 Å². The second kappa shape index (κ2) is 4.51. The number of amides is 1. The zero-order valence-electron chi connectivity index (χ0n) is 9.89. The van der Waals surface area contributed by atoms with Gasteiger partial charge in [-0.15, -0.1) is 0 Å². The number of nitrogens with two attached hydrogens (primary N) is 1. The molecule has 0 aromatic rings. The summed E-state index contributed by atoms with van der Waals surface area (Å²) in [6.07, 6.45) is 1.20. The number of aliphatic hydroxyl groups excluding tert-OH is 1. The summed E-state index contributed by atoms with van der Waals surface area (Å²) in [5.41, 5.74) is 5.05. The van der Waals surface area contributed by atoms with Crippen molar-refractivity contribution in [1.82, 2.24) is 4.90 Å². The summed E-state index contributed by atoms with van der Waals surface area (Å²) in [5.74, 6) is -0.000694. The van der Waals surface area contributed by atoms with Crippen LogP contribution in [0, 0.1) is 5.41 Å². The lowest BCUT2D eigenvalue weighted by molar-refractivity contribution is -0.149. The fourth-order valence-corrected chi connectivity index (χ4v) is 2.47. The second-order valence-electron chi connectivity index (χ2n) is 4.89. The van der Waals surface area contributed by atoms with Crippen molar-refractivity contribution >= 4 is 23.1 Å². The zero-order chi connectivity index (χ0) is 12.6. The van der Waals surface area contributed by atoms with E-state index in [4.69, 9.17) is 27.8 Å². The lowest BCUT2D eigenvalue weighted by atomic mass is 10.0. The van der Waals surface area contributed by atoms with Crippen molar-refractivity contribution in [3.05, 3.63) is 0 Å². The first-order chi connectivity index (χ1) is 8.01. The highest BCUT2D eigenvalue weighted by Crippen LogP contribution is 2.48. The predicted molar refractivity (Wildman–Crippen MR) is 66.5 cm³/mol. The van der Waals surface area contributed by atoms with Gasteiger partial charge in [0.25, 0.3) is 0 Å². The van der Waals surface area contributed by atoms with Crippen LogP contribution in [0.1, 0.15) is 19.8 Å². The Balaban J connectivity index is 2.10. The third-order valence-electron chi connectivity index (χ3n) is 3.60. The Hall–Kier alpha value is -0.720. The molecule has 5 nitrogen and oxygen atoms in total. The summed E-state index contributed by atoms with van der Waals surface area (Å²) in [5, 5.41) is 9.09. The largest absolute Gasteiger partial charge is 0.394 e. The summed E-state index contributed by atoms with van der Waals surface area (Å²) in [4.78, 5) is 14.5. The molecule has 96 valence electrons. The Labute approximate surface area is 106 Å². The number of rotatable bonds is 3. The Morgan fingerprint density at radius 3 is 2.76 bits per heavy atom. The van der Waals surface area contributed by atoms with Gasteiger partial charge in [0.05, 0.1) is 35.8 Å². The molecule has 1 heterocycles. The Kier molecular flexibility index (Phi) is 3.38. The normalized spacial score (nSPS) is 31.1. The highest BCUT2D eigenvalue weighted by molar-refractivity contribution is 7.80.